The van der Waals surface area contributed by atoms with Gasteiger partial charge in [0.05, 0.1) is 5.69 Å². The Hall–Kier alpha value is -4.46. The highest BCUT2D eigenvalue weighted by molar-refractivity contribution is 6.33. The van der Waals surface area contributed by atoms with Crippen molar-refractivity contribution < 1.29 is 0 Å². The van der Waals surface area contributed by atoms with E-state index in [0.29, 0.717) is 5.02 Å². The number of halogens is 1. The molecule has 1 nitrogen and oxygen atoms in total. The number of aromatic nitrogens is 1. The van der Waals surface area contributed by atoms with Crippen molar-refractivity contribution in [3.8, 4) is 55.8 Å². The molecule has 2 heteroatoms. The zero-order chi connectivity index (χ0) is 25.0. The third-order valence-electron chi connectivity index (χ3n) is 6.64. The van der Waals surface area contributed by atoms with E-state index in [1.165, 1.54) is 22.3 Å². The Morgan fingerprint density at radius 3 is 1.59 bits per heavy atom. The van der Waals surface area contributed by atoms with E-state index in [0.717, 1.165) is 33.5 Å². The second-order valence-electron chi connectivity index (χ2n) is 8.99. The summed E-state index contributed by atoms with van der Waals surface area (Å²) in [5.41, 5.74) is 11.0. The number of benzene rings is 5. The van der Waals surface area contributed by atoms with Crippen LogP contribution in [0.1, 0.15) is 0 Å². The van der Waals surface area contributed by atoms with Crippen molar-refractivity contribution in [2.75, 3.05) is 0 Å². The molecule has 0 atom stereocenters. The van der Waals surface area contributed by atoms with Gasteiger partial charge in [0.2, 0.25) is 0 Å². The van der Waals surface area contributed by atoms with Crippen molar-refractivity contribution in [3.05, 3.63) is 151 Å². The number of rotatable bonds is 5. The van der Waals surface area contributed by atoms with Crippen molar-refractivity contribution in [2.24, 2.45) is 0 Å². The summed E-state index contributed by atoms with van der Waals surface area (Å²) in [6.07, 6.45) is 1.94. The fourth-order valence-corrected chi connectivity index (χ4v) is 4.94. The molecule has 0 aliphatic carbocycles. The Balaban J connectivity index is 1.42. The third kappa shape index (κ3) is 4.82. The van der Waals surface area contributed by atoms with Gasteiger partial charge in [-0.1, -0.05) is 133 Å². The Bertz CT molecular complexity index is 1660. The molecule has 6 rings (SSSR count). The van der Waals surface area contributed by atoms with Crippen molar-refractivity contribution in [2.45, 2.75) is 0 Å². The van der Waals surface area contributed by atoms with Crippen molar-refractivity contribution in [1.29, 1.82) is 0 Å². The number of nitrogens with zero attached hydrogens (tertiary/aromatic N) is 1. The van der Waals surface area contributed by atoms with Crippen LogP contribution in [0.25, 0.3) is 55.8 Å². The fourth-order valence-electron chi connectivity index (χ4n) is 4.71. The molecule has 5 aromatic carbocycles. The number of pyridine rings is 1. The van der Waals surface area contributed by atoms with Crippen LogP contribution < -0.4 is 0 Å². The lowest BCUT2D eigenvalue weighted by molar-refractivity contribution is 1.32. The SMILES string of the molecule is Clc1ccccc1-c1cnc(-c2ccccc2)cc1-c1ccc(-c2cccc(-c3ccccc3)c2)cc1. The van der Waals surface area contributed by atoms with Gasteiger partial charge < -0.3 is 0 Å². The van der Waals surface area contributed by atoms with E-state index < -0.39 is 0 Å². The summed E-state index contributed by atoms with van der Waals surface area (Å²) in [6, 6.07) is 48.3. The topological polar surface area (TPSA) is 12.9 Å². The van der Waals surface area contributed by atoms with Crippen molar-refractivity contribution in [1.82, 2.24) is 4.98 Å². The molecule has 0 saturated heterocycles. The molecule has 0 unspecified atom stereocenters. The first-order chi connectivity index (χ1) is 18.3. The molecule has 1 aromatic heterocycles. The van der Waals surface area contributed by atoms with Gasteiger partial charge >= 0.3 is 0 Å². The molecule has 0 aliphatic rings. The molecule has 37 heavy (non-hydrogen) atoms. The maximum absolute atomic E-state index is 6.62. The highest BCUT2D eigenvalue weighted by Crippen LogP contribution is 2.38. The molecule has 0 saturated carbocycles. The molecule has 0 amide bonds. The first-order valence-electron chi connectivity index (χ1n) is 12.3. The zero-order valence-electron chi connectivity index (χ0n) is 20.2. The van der Waals surface area contributed by atoms with Crippen molar-refractivity contribution >= 4 is 11.6 Å². The molecule has 0 spiro atoms. The first-order valence-corrected chi connectivity index (χ1v) is 12.7. The minimum Gasteiger partial charge on any atom is -0.256 e. The summed E-state index contributed by atoms with van der Waals surface area (Å²) in [7, 11) is 0. The van der Waals surface area contributed by atoms with Crippen LogP contribution >= 0.6 is 11.6 Å². The summed E-state index contributed by atoms with van der Waals surface area (Å²) >= 11 is 6.62. The van der Waals surface area contributed by atoms with Crippen LogP contribution in [0.15, 0.2) is 146 Å². The highest BCUT2D eigenvalue weighted by atomic mass is 35.5. The second kappa shape index (κ2) is 10.3. The van der Waals surface area contributed by atoms with E-state index in [9.17, 15) is 0 Å². The highest BCUT2D eigenvalue weighted by Gasteiger charge is 2.13. The van der Waals surface area contributed by atoms with E-state index in [2.05, 4.69) is 97.1 Å². The van der Waals surface area contributed by atoms with Gasteiger partial charge in [0.15, 0.2) is 0 Å². The predicted octanol–water partition coefficient (Wildman–Crippen LogP) is 10.1. The van der Waals surface area contributed by atoms with E-state index in [1.807, 2.05) is 48.7 Å². The smallest absolute Gasteiger partial charge is 0.0708 e. The molecule has 0 bridgehead atoms. The van der Waals surface area contributed by atoms with Gasteiger partial charge in [-0.2, -0.15) is 0 Å². The predicted molar refractivity (Wildman–Crippen MR) is 156 cm³/mol. The lowest BCUT2D eigenvalue weighted by Crippen LogP contribution is -1.92. The maximum Gasteiger partial charge on any atom is 0.0708 e. The Morgan fingerprint density at radius 2 is 0.919 bits per heavy atom. The standard InChI is InChI=1S/C35H24ClN/c36-34-17-8-7-16-31(34)33-24-37-35(28-12-5-2-6-13-28)23-32(33)27-20-18-26(19-21-27)30-15-9-14-29(22-30)25-10-3-1-4-11-25/h1-24H. The average Bonchev–Trinajstić information content (AvgIpc) is 2.98. The van der Waals surface area contributed by atoms with Crippen molar-refractivity contribution in [3.63, 3.8) is 0 Å². The maximum atomic E-state index is 6.62. The molecular weight excluding hydrogens is 470 g/mol. The van der Waals surface area contributed by atoms with Gasteiger partial charge in [0.25, 0.3) is 0 Å². The summed E-state index contributed by atoms with van der Waals surface area (Å²) in [5, 5.41) is 0.715. The number of hydrogen-bond acceptors (Lipinski definition) is 1. The largest absolute Gasteiger partial charge is 0.256 e. The van der Waals surface area contributed by atoms with Crippen LogP contribution in [0.3, 0.4) is 0 Å². The van der Waals surface area contributed by atoms with Crippen LogP contribution in [0.5, 0.6) is 0 Å². The summed E-state index contributed by atoms with van der Waals surface area (Å²) in [6.45, 7) is 0. The van der Waals surface area contributed by atoms with Gasteiger partial charge in [0, 0.05) is 27.9 Å². The van der Waals surface area contributed by atoms with Gasteiger partial charge in [-0.25, -0.2) is 0 Å². The summed E-state index contributed by atoms with van der Waals surface area (Å²) in [4.78, 5) is 4.80. The molecule has 0 N–H and O–H groups in total. The van der Waals surface area contributed by atoms with Crippen LogP contribution in [0.4, 0.5) is 0 Å². The molecule has 0 aliphatic heterocycles. The molecule has 176 valence electrons. The minimum absolute atomic E-state index is 0.715. The molecule has 6 aromatic rings. The Morgan fingerprint density at radius 1 is 0.378 bits per heavy atom. The third-order valence-corrected chi connectivity index (χ3v) is 6.97. The van der Waals surface area contributed by atoms with E-state index in [-0.39, 0.29) is 0 Å². The molecule has 1 heterocycles. The van der Waals surface area contributed by atoms with Crippen LogP contribution in [-0.2, 0) is 0 Å². The lowest BCUT2D eigenvalue weighted by atomic mass is 9.93. The normalized spacial score (nSPS) is 10.8. The summed E-state index contributed by atoms with van der Waals surface area (Å²) in [5.74, 6) is 0. The van der Waals surface area contributed by atoms with Gasteiger partial charge in [-0.15, -0.1) is 0 Å². The number of hydrogen-bond donors (Lipinski definition) is 0. The Kier molecular flexibility index (Phi) is 6.37. The molecular formula is C35H24ClN. The van der Waals surface area contributed by atoms with E-state index >= 15 is 0 Å². The first kappa shape index (κ1) is 23.0. The van der Waals surface area contributed by atoms with Gasteiger partial charge in [-0.3, -0.25) is 4.98 Å². The minimum atomic E-state index is 0.715. The monoisotopic (exact) mass is 493 g/mol. The van der Waals surface area contributed by atoms with Gasteiger partial charge in [-0.05, 0) is 51.6 Å². The van der Waals surface area contributed by atoms with E-state index in [4.69, 9.17) is 16.6 Å². The van der Waals surface area contributed by atoms with Crippen LogP contribution in [0.2, 0.25) is 5.02 Å². The zero-order valence-corrected chi connectivity index (χ0v) is 20.9. The lowest BCUT2D eigenvalue weighted by Gasteiger charge is -2.14. The molecule has 0 radical (unpaired) electrons. The Labute approximate surface area is 222 Å². The van der Waals surface area contributed by atoms with Crippen LogP contribution in [0, 0.1) is 0 Å². The van der Waals surface area contributed by atoms with Crippen LogP contribution in [-0.4, -0.2) is 4.98 Å². The summed E-state index contributed by atoms with van der Waals surface area (Å²) < 4.78 is 0. The van der Waals surface area contributed by atoms with E-state index in [1.54, 1.807) is 0 Å². The molecule has 0 fully saturated rings. The average molecular weight is 494 g/mol. The van der Waals surface area contributed by atoms with Gasteiger partial charge in [0.1, 0.15) is 0 Å². The fraction of sp³-hybridized carbons (Fsp3) is 0. The quantitative estimate of drug-likeness (QED) is 0.233. The second-order valence-corrected chi connectivity index (χ2v) is 9.39.